The number of hydrogen-bond acceptors (Lipinski definition) is 11. The molecule has 0 radical (unpaired) electrons. The van der Waals surface area contributed by atoms with Gasteiger partial charge in [0.1, 0.15) is 42.0 Å². The SMILES string of the molecule is CC[C@H](C)[C@H](NC(=O)[C@H](Cc1ccc(O)cc1)NC(=O)[C@@H](NC(=O)[C@@H](N)CCCN)C(C)C)C(=O)N[C@@H](Cc1cnc[nH]1)C(=O)N1CCC[C@H]1C(=O)N[C@@H](Cc1ccccc1)C(=O)O. The molecule has 6 amide bonds. The highest BCUT2D eigenvalue weighted by molar-refractivity contribution is 5.97. The van der Waals surface area contributed by atoms with E-state index < -0.39 is 95.5 Å². The van der Waals surface area contributed by atoms with Crippen molar-refractivity contribution in [3.05, 3.63) is 83.9 Å². The molecular formula is C45H64N10O9. The van der Waals surface area contributed by atoms with Crippen molar-refractivity contribution in [2.45, 2.75) is 121 Å². The van der Waals surface area contributed by atoms with E-state index in [-0.39, 0.29) is 38.0 Å². The predicted molar refractivity (Wildman–Crippen MR) is 237 cm³/mol. The molecule has 4 rings (SSSR count). The van der Waals surface area contributed by atoms with Crippen molar-refractivity contribution in [1.29, 1.82) is 0 Å². The van der Waals surface area contributed by atoms with Crippen LogP contribution in [-0.2, 0) is 52.8 Å². The number of aromatic amines is 1. The summed E-state index contributed by atoms with van der Waals surface area (Å²) >= 11 is 0. The Kier molecular flexibility index (Phi) is 19.3. The van der Waals surface area contributed by atoms with Gasteiger partial charge in [-0.25, -0.2) is 9.78 Å². The molecule has 0 aliphatic carbocycles. The van der Waals surface area contributed by atoms with Gasteiger partial charge < -0.3 is 58.1 Å². The lowest BCUT2D eigenvalue weighted by Crippen LogP contribution is -2.61. The van der Waals surface area contributed by atoms with Crippen molar-refractivity contribution in [3.63, 3.8) is 0 Å². The fourth-order valence-corrected chi connectivity index (χ4v) is 7.46. The molecule has 12 N–H and O–H groups in total. The number of carboxylic acids is 1. The second kappa shape index (κ2) is 24.5. The maximum absolute atomic E-state index is 14.4. The van der Waals surface area contributed by atoms with Crippen LogP contribution in [0.2, 0.25) is 0 Å². The molecule has 0 spiro atoms. The number of amides is 6. The first kappa shape index (κ1) is 50.3. The van der Waals surface area contributed by atoms with Crippen LogP contribution < -0.4 is 38.1 Å². The molecular weight excluding hydrogens is 825 g/mol. The van der Waals surface area contributed by atoms with Gasteiger partial charge in [-0.3, -0.25) is 28.8 Å². The van der Waals surface area contributed by atoms with Gasteiger partial charge in [0.2, 0.25) is 35.4 Å². The van der Waals surface area contributed by atoms with E-state index >= 15 is 0 Å². The van der Waals surface area contributed by atoms with Crippen molar-refractivity contribution in [2.24, 2.45) is 23.3 Å². The summed E-state index contributed by atoms with van der Waals surface area (Å²) in [6.07, 6.45) is 4.77. The van der Waals surface area contributed by atoms with E-state index in [9.17, 15) is 43.8 Å². The number of phenols is 1. The fraction of sp³-hybridized carbons (Fsp3) is 0.511. The number of benzene rings is 2. The summed E-state index contributed by atoms with van der Waals surface area (Å²) in [6.45, 7) is 7.53. The first-order valence-electron chi connectivity index (χ1n) is 21.8. The number of H-pyrrole nitrogens is 1. The van der Waals surface area contributed by atoms with Gasteiger partial charge >= 0.3 is 5.97 Å². The molecule has 3 aromatic rings. The monoisotopic (exact) mass is 888 g/mol. The minimum atomic E-state index is -1.27. The molecule has 1 aliphatic heterocycles. The number of aromatic nitrogens is 2. The Hall–Kier alpha value is -6.34. The number of likely N-dealkylation sites (tertiary alicyclic amines) is 1. The van der Waals surface area contributed by atoms with Crippen LogP contribution in [0.5, 0.6) is 5.75 Å². The number of rotatable bonds is 24. The Morgan fingerprint density at radius 2 is 1.42 bits per heavy atom. The van der Waals surface area contributed by atoms with Gasteiger partial charge in [-0.15, -0.1) is 0 Å². The van der Waals surface area contributed by atoms with Gasteiger partial charge in [0.05, 0.1) is 12.4 Å². The molecule has 1 aromatic heterocycles. The van der Waals surface area contributed by atoms with Crippen molar-refractivity contribution in [1.82, 2.24) is 41.5 Å². The van der Waals surface area contributed by atoms with Crippen LogP contribution in [0.1, 0.15) is 76.6 Å². The molecule has 0 bridgehead atoms. The average Bonchev–Trinajstić information content (AvgIpc) is 3.99. The molecule has 1 aliphatic rings. The van der Waals surface area contributed by atoms with Crippen LogP contribution in [0.4, 0.5) is 0 Å². The molecule has 8 atom stereocenters. The van der Waals surface area contributed by atoms with Gasteiger partial charge in [0.25, 0.3) is 0 Å². The van der Waals surface area contributed by atoms with Crippen molar-refractivity contribution in [2.75, 3.05) is 13.1 Å². The number of aliphatic carboxylic acids is 1. The molecule has 1 fully saturated rings. The van der Waals surface area contributed by atoms with E-state index in [1.54, 1.807) is 63.2 Å². The number of hydrogen-bond donors (Lipinski definition) is 10. The van der Waals surface area contributed by atoms with Crippen molar-refractivity contribution < 1.29 is 43.8 Å². The maximum atomic E-state index is 14.4. The fourth-order valence-electron chi connectivity index (χ4n) is 7.46. The number of phenolic OH excluding ortho intramolecular Hbond substituents is 1. The topological polar surface area (TPSA) is 304 Å². The zero-order chi connectivity index (χ0) is 46.9. The second-order valence-electron chi connectivity index (χ2n) is 16.7. The number of carbonyl (C=O) groups excluding carboxylic acids is 6. The minimum Gasteiger partial charge on any atom is -0.508 e. The summed E-state index contributed by atoms with van der Waals surface area (Å²) in [5, 5.41) is 33.5. The molecule has 19 heteroatoms. The number of aromatic hydroxyl groups is 1. The normalized spacial score (nSPS) is 16.9. The number of carboxylic acid groups (broad SMARTS) is 1. The van der Waals surface area contributed by atoms with Gasteiger partial charge in [0.15, 0.2) is 0 Å². The van der Waals surface area contributed by atoms with E-state index in [0.717, 1.165) is 0 Å². The summed E-state index contributed by atoms with van der Waals surface area (Å²) in [6, 6.07) is 6.88. The number of nitrogens with two attached hydrogens (primary N) is 2. The first-order valence-corrected chi connectivity index (χ1v) is 21.8. The summed E-state index contributed by atoms with van der Waals surface area (Å²) in [5.74, 6) is -6.03. The Morgan fingerprint density at radius 3 is 2.03 bits per heavy atom. The molecule has 0 saturated carbocycles. The third-order valence-corrected chi connectivity index (χ3v) is 11.4. The maximum Gasteiger partial charge on any atom is 0.326 e. The Morgan fingerprint density at radius 1 is 0.797 bits per heavy atom. The summed E-state index contributed by atoms with van der Waals surface area (Å²) < 4.78 is 0. The number of nitrogens with one attached hydrogen (secondary N) is 6. The lowest BCUT2D eigenvalue weighted by atomic mass is 9.96. The lowest BCUT2D eigenvalue weighted by Gasteiger charge is -2.32. The molecule has 19 nitrogen and oxygen atoms in total. The Balaban J connectivity index is 1.57. The van der Waals surface area contributed by atoms with E-state index in [1.807, 2.05) is 6.92 Å². The standard InChI is InChI=1S/C45H64N10O9/c1-5-27(4)38(54-40(58)33(21-29-15-17-31(56)18-16-29)50-42(60)37(26(2)3)53-39(57)32(47)13-9-19-46)43(61)51-34(23-30-24-48-25-49-30)44(62)55-20-10-14-36(55)41(59)52-35(45(63)64)22-28-11-7-6-8-12-28/h6-8,11-12,15-18,24-27,32-38,56H,5,9-10,13-14,19-23,46-47H2,1-4H3,(H,48,49)(H,50,60)(H,51,61)(H,52,59)(H,53,57)(H,54,58)(H,63,64)/t27-,32-,33-,34-,35-,36-,37-,38-/m0/s1. The molecule has 1 saturated heterocycles. The van der Waals surface area contributed by atoms with Gasteiger partial charge in [-0.1, -0.05) is 76.6 Å². The van der Waals surface area contributed by atoms with E-state index in [4.69, 9.17) is 11.5 Å². The van der Waals surface area contributed by atoms with Gasteiger partial charge in [-0.05, 0) is 67.3 Å². The van der Waals surface area contributed by atoms with Crippen LogP contribution in [0, 0.1) is 11.8 Å². The van der Waals surface area contributed by atoms with Crippen LogP contribution in [0.15, 0.2) is 67.1 Å². The van der Waals surface area contributed by atoms with E-state index in [0.29, 0.717) is 49.0 Å². The van der Waals surface area contributed by atoms with Crippen LogP contribution in [0.25, 0.3) is 0 Å². The third kappa shape index (κ3) is 14.6. The van der Waals surface area contributed by atoms with E-state index in [1.165, 1.54) is 29.6 Å². The predicted octanol–water partition coefficient (Wildman–Crippen LogP) is 0.411. The molecule has 2 aromatic carbocycles. The molecule has 348 valence electrons. The summed E-state index contributed by atoms with van der Waals surface area (Å²) in [7, 11) is 0. The highest BCUT2D eigenvalue weighted by Crippen LogP contribution is 2.21. The molecule has 2 heterocycles. The zero-order valence-electron chi connectivity index (χ0n) is 36.9. The number of imidazole rings is 1. The zero-order valence-corrected chi connectivity index (χ0v) is 36.9. The second-order valence-corrected chi connectivity index (χ2v) is 16.7. The summed E-state index contributed by atoms with van der Waals surface area (Å²) in [4.78, 5) is 104. The minimum absolute atomic E-state index is 0.0107. The third-order valence-electron chi connectivity index (χ3n) is 11.4. The van der Waals surface area contributed by atoms with Crippen molar-refractivity contribution >= 4 is 41.4 Å². The van der Waals surface area contributed by atoms with Crippen molar-refractivity contribution in [3.8, 4) is 5.75 Å². The van der Waals surface area contributed by atoms with Crippen LogP contribution >= 0.6 is 0 Å². The number of nitrogens with zero attached hydrogens (tertiary/aromatic N) is 2. The highest BCUT2D eigenvalue weighted by Gasteiger charge is 2.41. The highest BCUT2D eigenvalue weighted by atomic mass is 16.4. The molecule has 0 unspecified atom stereocenters. The summed E-state index contributed by atoms with van der Waals surface area (Å²) in [5.41, 5.74) is 13.4. The smallest absolute Gasteiger partial charge is 0.326 e. The Labute approximate surface area is 373 Å². The quantitative estimate of drug-likeness (QED) is 0.0585. The Bertz CT molecular complexity index is 2020. The largest absolute Gasteiger partial charge is 0.508 e. The lowest BCUT2D eigenvalue weighted by molar-refractivity contribution is -0.145. The van der Waals surface area contributed by atoms with Crippen LogP contribution in [-0.4, -0.2) is 122 Å². The van der Waals surface area contributed by atoms with Gasteiger partial charge in [-0.2, -0.15) is 0 Å². The number of carbonyl (C=O) groups is 7. The van der Waals surface area contributed by atoms with Gasteiger partial charge in [0, 0.05) is 37.7 Å². The van der Waals surface area contributed by atoms with Crippen LogP contribution in [0.3, 0.4) is 0 Å². The average molecular weight is 889 g/mol. The molecule has 64 heavy (non-hydrogen) atoms. The first-order chi connectivity index (χ1) is 30.5. The van der Waals surface area contributed by atoms with E-state index in [2.05, 4.69) is 36.6 Å².